The molecule has 1 aromatic carbocycles. The standard InChI is InChI=1S/C15H22N4O2/c1-17-6-7-18(12(10-16)11-17)8-9-19-13-4-2-3-5-14(13)21-15(19)20/h2-5,12H,6-11,16H2,1H3. The van der Waals surface area contributed by atoms with E-state index in [9.17, 15) is 4.79 Å². The van der Waals surface area contributed by atoms with Gasteiger partial charge in [0.2, 0.25) is 0 Å². The van der Waals surface area contributed by atoms with E-state index >= 15 is 0 Å². The van der Waals surface area contributed by atoms with Crippen LogP contribution in [0.4, 0.5) is 0 Å². The van der Waals surface area contributed by atoms with Gasteiger partial charge in [-0.15, -0.1) is 0 Å². The molecule has 1 aromatic heterocycles. The molecule has 0 bridgehead atoms. The summed E-state index contributed by atoms with van der Waals surface area (Å²) in [4.78, 5) is 16.6. The van der Waals surface area contributed by atoms with Gasteiger partial charge >= 0.3 is 5.76 Å². The molecule has 0 radical (unpaired) electrons. The van der Waals surface area contributed by atoms with Crippen LogP contribution in [0, 0.1) is 0 Å². The highest BCUT2D eigenvalue weighted by Crippen LogP contribution is 2.13. The van der Waals surface area contributed by atoms with Gasteiger partial charge in [-0.3, -0.25) is 9.47 Å². The monoisotopic (exact) mass is 290 g/mol. The van der Waals surface area contributed by atoms with E-state index in [1.165, 1.54) is 0 Å². The molecule has 6 nitrogen and oxygen atoms in total. The Morgan fingerprint density at radius 3 is 2.90 bits per heavy atom. The number of hydrogen-bond donors (Lipinski definition) is 1. The van der Waals surface area contributed by atoms with Gasteiger partial charge in [-0.2, -0.15) is 0 Å². The maximum atomic E-state index is 12.0. The molecule has 1 aliphatic heterocycles. The molecule has 2 aromatic rings. The average molecular weight is 290 g/mol. The molecular formula is C15H22N4O2. The topological polar surface area (TPSA) is 67.6 Å². The smallest absolute Gasteiger partial charge is 0.408 e. The Labute approximate surface area is 123 Å². The summed E-state index contributed by atoms with van der Waals surface area (Å²) in [5.41, 5.74) is 7.38. The van der Waals surface area contributed by atoms with E-state index in [0.29, 0.717) is 24.7 Å². The minimum Gasteiger partial charge on any atom is -0.408 e. The van der Waals surface area contributed by atoms with Gasteiger partial charge in [-0.05, 0) is 19.2 Å². The van der Waals surface area contributed by atoms with E-state index in [0.717, 1.165) is 31.7 Å². The number of benzene rings is 1. The van der Waals surface area contributed by atoms with Crippen molar-refractivity contribution in [1.29, 1.82) is 0 Å². The van der Waals surface area contributed by atoms with E-state index < -0.39 is 0 Å². The minimum absolute atomic E-state index is 0.283. The molecule has 1 aliphatic rings. The number of para-hydroxylation sites is 2. The van der Waals surface area contributed by atoms with Crippen LogP contribution in [0.5, 0.6) is 0 Å². The first-order chi connectivity index (χ1) is 10.2. The lowest BCUT2D eigenvalue weighted by Crippen LogP contribution is -2.55. The van der Waals surface area contributed by atoms with Crippen LogP contribution in [-0.2, 0) is 6.54 Å². The highest BCUT2D eigenvalue weighted by atomic mass is 16.4. The van der Waals surface area contributed by atoms with Crippen molar-refractivity contribution in [2.24, 2.45) is 5.73 Å². The number of nitrogens with zero attached hydrogens (tertiary/aromatic N) is 3. The van der Waals surface area contributed by atoms with E-state index in [1.54, 1.807) is 4.57 Å². The Kier molecular flexibility index (Phi) is 4.10. The highest BCUT2D eigenvalue weighted by molar-refractivity contribution is 5.72. The van der Waals surface area contributed by atoms with Crippen LogP contribution in [0.15, 0.2) is 33.5 Å². The summed E-state index contributed by atoms with van der Waals surface area (Å²) in [5, 5.41) is 0. The third kappa shape index (κ3) is 2.88. The number of rotatable bonds is 4. The lowest BCUT2D eigenvalue weighted by Gasteiger charge is -2.39. The van der Waals surface area contributed by atoms with Crippen LogP contribution in [0.3, 0.4) is 0 Å². The van der Waals surface area contributed by atoms with Gasteiger partial charge < -0.3 is 15.1 Å². The first-order valence-corrected chi connectivity index (χ1v) is 7.40. The van der Waals surface area contributed by atoms with Crippen molar-refractivity contribution in [1.82, 2.24) is 14.4 Å². The number of hydrogen-bond acceptors (Lipinski definition) is 5. The third-order valence-corrected chi connectivity index (χ3v) is 4.26. The fourth-order valence-electron chi connectivity index (χ4n) is 3.02. The normalized spacial score (nSPS) is 21.1. The number of likely N-dealkylation sites (N-methyl/N-ethyl adjacent to an activating group) is 1. The van der Waals surface area contributed by atoms with Crippen molar-refractivity contribution < 1.29 is 4.42 Å². The van der Waals surface area contributed by atoms with Crippen molar-refractivity contribution in [2.75, 3.05) is 39.8 Å². The van der Waals surface area contributed by atoms with Crippen molar-refractivity contribution in [3.8, 4) is 0 Å². The number of aromatic nitrogens is 1. The van der Waals surface area contributed by atoms with Crippen LogP contribution in [0.25, 0.3) is 11.1 Å². The van der Waals surface area contributed by atoms with Crippen molar-refractivity contribution in [3.05, 3.63) is 34.8 Å². The Bertz CT molecular complexity index is 663. The van der Waals surface area contributed by atoms with Crippen LogP contribution in [0.1, 0.15) is 0 Å². The van der Waals surface area contributed by atoms with Gasteiger partial charge in [-0.25, -0.2) is 4.79 Å². The zero-order valence-electron chi connectivity index (χ0n) is 12.4. The van der Waals surface area contributed by atoms with Crippen LogP contribution in [0.2, 0.25) is 0 Å². The maximum absolute atomic E-state index is 12.0. The molecule has 0 saturated carbocycles. The molecule has 0 spiro atoms. The van der Waals surface area contributed by atoms with Crippen LogP contribution < -0.4 is 11.5 Å². The van der Waals surface area contributed by atoms with E-state index in [-0.39, 0.29) is 5.76 Å². The molecule has 1 saturated heterocycles. The summed E-state index contributed by atoms with van der Waals surface area (Å²) in [6.45, 7) is 5.11. The largest absolute Gasteiger partial charge is 0.419 e. The van der Waals surface area contributed by atoms with E-state index in [2.05, 4.69) is 16.8 Å². The molecule has 3 rings (SSSR count). The van der Waals surface area contributed by atoms with Gasteiger partial charge in [-0.1, -0.05) is 12.1 Å². The fourth-order valence-corrected chi connectivity index (χ4v) is 3.02. The van der Waals surface area contributed by atoms with Gasteiger partial charge in [0.25, 0.3) is 0 Å². The van der Waals surface area contributed by atoms with Crippen molar-refractivity contribution in [3.63, 3.8) is 0 Å². The molecule has 0 amide bonds. The first-order valence-electron chi connectivity index (χ1n) is 7.40. The Balaban J connectivity index is 1.74. The number of piperazine rings is 1. The predicted octanol–water partition coefficient (Wildman–Crippen LogP) is 0.169. The molecule has 1 atom stereocenters. The van der Waals surface area contributed by atoms with Gasteiger partial charge in [0, 0.05) is 45.3 Å². The van der Waals surface area contributed by atoms with Gasteiger partial charge in [0.15, 0.2) is 5.58 Å². The summed E-state index contributed by atoms with van der Waals surface area (Å²) in [6.07, 6.45) is 0. The van der Waals surface area contributed by atoms with Crippen LogP contribution in [-0.4, -0.2) is 60.2 Å². The number of fused-ring (bicyclic) bond motifs is 1. The Morgan fingerprint density at radius 2 is 2.10 bits per heavy atom. The molecule has 2 N–H and O–H groups in total. The van der Waals surface area contributed by atoms with Crippen molar-refractivity contribution >= 4 is 11.1 Å². The Morgan fingerprint density at radius 1 is 1.29 bits per heavy atom. The fraction of sp³-hybridized carbons (Fsp3) is 0.533. The summed E-state index contributed by atoms with van der Waals surface area (Å²) in [5.74, 6) is -0.283. The molecule has 2 heterocycles. The number of oxazole rings is 1. The van der Waals surface area contributed by atoms with E-state index in [1.807, 2.05) is 24.3 Å². The quantitative estimate of drug-likeness (QED) is 0.869. The molecule has 6 heteroatoms. The zero-order chi connectivity index (χ0) is 14.8. The maximum Gasteiger partial charge on any atom is 0.419 e. The molecular weight excluding hydrogens is 268 g/mol. The predicted molar refractivity (Wildman–Crippen MR) is 82.4 cm³/mol. The SMILES string of the molecule is CN1CCN(CCn2c(=O)oc3ccccc32)C(CN)C1. The average Bonchev–Trinajstić information content (AvgIpc) is 2.81. The van der Waals surface area contributed by atoms with Crippen LogP contribution >= 0.6 is 0 Å². The molecule has 1 fully saturated rings. The lowest BCUT2D eigenvalue weighted by atomic mass is 10.1. The highest BCUT2D eigenvalue weighted by Gasteiger charge is 2.24. The first kappa shape index (κ1) is 14.3. The summed E-state index contributed by atoms with van der Waals surface area (Å²) in [7, 11) is 2.12. The second kappa shape index (κ2) is 6.01. The summed E-state index contributed by atoms with van der Waals surface area (Å²) in [6, 6.07) is 7.90. The summed E-state index contributed by atoms with van der Waals surface area (Å²) >= 11 is 0. The molecule has 21 heavy (non-hydrogen) atoms. The van der Waals surface area contributed by atoms with Crippen molar-refractivity contribution in [2.45, 2.75) is 12.6 Å². The zero-order valence-corrected chi connectivity index (χ0v) is 12.4. The van der Waals surface area contributed by atoms with E-state index in [4.69, 9.17) is 10.2 Å². The Hall–Kier alpha value is -1.63. The molecule has 0 aliphatic carbocycles. The third-order valence-electron chi connectivity index (χ3n) is 4.26. The molecule has 114 valence electrons. The van der Waals surface area contributed by atoms with Gasteiger partial charge in [0.05, 0.1) is 5.52 Å². The second-order valence-corrected chi connectivity index (χ2v) is 5.68. The molecule has 1 unspecified atom stereocenters. The van der Waals surface area contributed by atoms with Gasteiger partial charge in [0.1, 0.15) is 0 Å². The minimum atomic E-state index is -0.283. The number of nitrogens with two attached hydrogens (primary N) is 1. The lowest BCUT2D eigenvalue weighted by molar-refractivity contribution is 0.0909. The second-order valence-electron chi connectivity index (χ2n) is 5.68. The summed E-state index contributed by atoms with van der Waals surface area (Å²) < 4.78 is 6.97.